The largest absolute Gasteiger partial charge is 0.438 e. The highest BCUT2D eigenvalue weighted by atomic mass is 28.4. The summed E-state index contributed by atoms with van der Waals surface area (Å²) in [4.78, 5) is 0. The standard InChI is InChI=1S/C5H11F3N.H6O3Si3/c1-9(2,3)4-5(6,7)8;1-4-2-6-3-5-1/h4H2,1-3H3;4-6H2/q+1;. The van der Waals surface area contributed by atoms with Crippen LogP contribution in [0.25, 0.3) is 0 Å². The number of quaternary nitrogens is 1. The third-order valence-electron chi connectivity index (χ3n) is 1.15. The van der Waals surface area contributed by atoms with E-state index < -0.39 is 42.7 Å². The van der Waals surface area contributed by atoms with E-state index in [4.69, 9.17) is 12.3 Å². The van der Waals surface area contributed by atoms with Gasteiger partial charge in [-0.15, -0.1) is 0 Å². The van der Waals surface area contributed by atoms with Gasteiger partial charge in [0.15, 0.2) is 6.54 Å². The summed E-state index contributed by atoms with van der Waals surface area (Å²) in [5.41, 5.74) is 0. The summed E-state index contributed by atoms with van der Waals surface area (Å²) >= 11 is 0. The van der Waals surface area contributed by atoms with Crippen molar-refractivity contribution in [1.29, 1.82) is 0 Å². The summed E-state index contributed by atoms with van der Waals surface area (Å²) in [7, 11) is 3.04. The third kappa shape index (κ3) is 14.3. The maximum Gasteiger partial charge on any atom is 0.438 e. The maximum atomic E-state index is 11.5. The predicted octanol–water partition coefficient (Wildman–Crippen LogP) is -1.70. The van der Waals surface area contributed by atoms with Gasteiger partial charge in [0.1, 0.15) is 0 Å². The molecule has 4 nitrogen and oxygen atoms in total. The molecule has 10 heteroatoms. The quantitative estimate of drug-likeness (QED) is 0.423. The number of nitrogens with zero attached hydrogens (tertiary/aromatic N) is 1. The average molecular weight is 280 g/mol. The molecule has 1 saturated heterocycles. The molecule has 1 aliphatic rings. The van der Waals surface area contributed by atoms with E-state index in [1.54, 1.807) is 0 Å². The Morgan fingerprint density at radius 2 is 1.27 bits per heavy atom. The predicted molar refractivity (Wildman–Crippen MR) is 57.8 cm³/mol. The van der Waals surface area contributed by atoms with Crippen LogP contribution in [0.1, 0.15) is 0 Å². The Kier molecular flexibility index (Phi) is 6.90. The normalized spacial score (nSPS) is 22.8. The van der Waals surface area contributed by atoms with E-state index in [1.807, 2.05) is 0 Å². The fraction of sp³-hybridized carbons (Fsp3) is 1.00. The van der Waals surface area contributed by atoms with E-state index in [1.165, 1.54) is 21.1 Å². The zero-order valence-electron chi connectivity index (χ0n) is 9.13. The summed E-state index contributed by atoms with van der Waals surface area (Å²) in [6, 6.07) is 0. The molecule has 0 bridgehead atoms. The van der Waals surface area contributed by atoms with Gasteiger partial charge in [-0.2, -0.15) is 13.2 Å². The number of rotatable bonds is 1. The Balaban J connectivity index is 0.000000280. The van der Waals surface area contributed by atoms with Gasteiger partial charge in [0.25, 0.3) is 30.0 Å². The molecule has 92 valence electrons. The monoisotopic (exact) mass is 280 g/mol. The van der Waals surface area contributed by atoms with Crippen molar-refractivity contribution in [2.75, 3.05) is 27.7 Å². The molecule has 0 saturated carbocycles. The number of halogens is 3. The van der Waals surface area contributed by atoms with Gasteiger partial charge in [-0.05, 0) is 0 Å². The van der Waals surface area contributed by atoms with E-state index in [0.717, 1.165) is 0 Å². The molecular formula is C5H17F3NO3Si3+. The zero-order valence-corrected chi connectivity index (χ0v) is 13.4. The average Bonchev–Trinajstić information content (AvgIpc) is 2.01. The van der Waals surface area contributed by atoms with Gasteiger partial charge in [0.05, 0.1) is 21.1 Å². The lowest BCUT2D eigenvalue weighted by Gasteiger charge is -2.24. The summed E-state index contributed by atoms with van der Waals surface area (Å²) < 4.78 is 49.4. The number of hydrogen-bond acceptors (Lipinski definition) is 3. The van der Waals surface area contributed by atoms with Crippen LogP contribution < -0.4 is 0 Å². The molecule has 1 aliphatic heterocycles. The molecule has 1 rings (SSSR count). The minimum atomic E-state index is -4.04. The Morgan fingerprint density at radius 3 is 1.33 bits per heavy atom. The summed E-state index contributed by atoms with van der Waals surface area (Å²) in [5.74, 6) is 0. The Labute approximate surface area is 94.5 Å². The van der Waals surface area contributed by atoms with E-state index >= 15 is 0 Å². The SMILES string of the molecule is C[N+](C)(C)CC(F)(F)F.O1[SiH2]O[SiH2]O[SiH2]1. The van der Waals surface area contributed by atoms with Gasteiger partial charge in [-0.1, -0.05) is 0 Å². The first kappa shape index (κ1) is 15.3. The van der Waals surface area contributed by atoms with Crippen molar-refractivity contribution in [3.05, 3.63) is 0 Å². The molecule has 0 aromatic heterocycles. The second-order valence-electron chi connectivity index (χ2n) is 4.03. The Bertz CT molecular complexity index is 148. The van der Waals surface area contributed by atoms with Gasteiger partial charge in [0, 0.05) is 0 Å². The summed E-state index contributed by atoms with van der Waals surface area (Å²) in [6.07, 6.45) is -4.04. The topological polar surface area (TPSA) is 27.7 Å². The van der Waals surface area contributed by atoms with E-state index in [2.05, 4.69) is 0 Å². The number of hydrogen-bond donors (Lipinski definition) is 0. The second-order valence-corrected chi connectivity index (χ2v) is 9.64. The molecule has 15 heavy (non-hydrogen) atoms. The van der Waals surface area contributed by atoms with Gasteiger partial charge in [-0.25, -0.2) is 0 Å². The van der Waals surface area contributed by atoms with Crippen LogP contribution in [0, 0.1) is 0 Å². The van der Waals surface area contributed by atoms with Crippen LogP contribution in [0.4, 0.5) is 13.2 Å². The first-order valence-corrected chi connectivity index (χ1v) is 7.77. The molecule has 0 N–H and O–H groups in total. The first-order valence-electron chi connectivity index (χ1n) is 4.31. The van der Waals surface area contributed by atoms with Gasteiger partial charge >= 0.3 is 6.18 Å². The highest BCUT2D eigenvalue weighted by molar-refractivity contribution is 6.50. The van der Waals surface area contributed by atoms with Crippen LogP contribution in [-0.4, -0.2) is 68.4 Å². The van der Waals surface area contributed by atoms with Crippen molar-refractivity contribution in [2.45, 2.75) is 6.18 Å². The van der Waals surface area contributed by atoms with Crippen molar-refractivity contribution in [2.24, 2.45) is 0 Å². The molecule has 0 unspecified atom stereocenters. The summed E-state index contributed by atoms with van der Waals surface area (Å²) in [5, 5.41) is 0. The molecule has 0 spiro atoms. The van der Waals surface area contributed by atoms with Crippen LogP contribution in [0.3, 0.4) is 0 Å². The molecular weight excluding hydrogens is 263 g/mol. The molecule has 1 heterocycles. The molecule has 1 fully saturated rings. The number of alkyl halides is 3. The zero-order chi connectivity index (χ0) is 11.9. The summed E-state index contributed by atoms with van der Waals surface area (Å²) in [6.45, 7) is -0.771. The van der Waals surface area contributed by atoms with Crippen molar-refractivity contribution >= 4 is 30.0 Å². The Morgan fingerprint density at radius 1 is 0.933 bits per heavy atom. The molecule has 0 aromatic carbocycles. The molecule has 0 aromatic rings. The molecule has 0 amide bonds. The van der Waals surface area contributed by atoms with Crippen molar-refractivity contribution in [1.82, 2.24) is 0 Å². The minimum absolute atomic E-state index is 0.0660. The molecule has 0 radical (unpaired) electrons. The van der Waals surface area contributed by atoms with Crippen molar-refractivity contribution in [3.63, 3.8) is 0 Å². The second kappa shape index (κ2) is 6.78. The van der Waals surface area contributed by atoms with E-state index in [-0.39, 0.29) is 4.48 Å². The van der Waals surface area contributed by atoms with Crippen molar-refractivity contribution in [3.8, 4) is 0 Å². The van der Waals surface area contributed by atoms with Gasteiger partial charge < -0.3 is 16.8 Å². The lowest BCUT2D eigenvalue weighted by Crippen LogP contribution is -2.42. The first-order chi connectivity index (χ1) is 6.71. The van der Waals surface area contributed by atoms with E-state index in [0.29, 0.717) is 0 Å². The minimum Gasteiger partial charge on any atom is -0.425 e. The fourth-order valence-corrected chi connectivity index (χ4v) is 6.23. The van der Waals surface area contributed by atoms with Crippen LogP contribution in [0.2, 0.25) is 0 Å². The van der Waals surface area contributed by atoms with Crippen molar-refractivity contribution < 1.29 is 30.0 Å². The lowest BCUT2D eigenvalue weighted by atomic mass is 10.5. The van der Waals surface area contributed by atoms with Gasteiger partial charge in [0.2, 0.25) is 0 Å². The smallest absolute Gasteiger partial charge is 0.425 e. The molecule has 0 aliphatic carbocycles. The van der Waals surface area contributed by atoms with Gasteiger partial charge in [-0.3, -0.25) is 0 Å². The Hall–Kier alpha value is 0.281. The van der Waals surface area contributed by atoms with Crippen LogP contribution in [-0.2, 0) is 12.3 Å². The third-order valence-corrected chi connectivity index (χ3v) is 5.15. The molecule has 0 atom stereocenters. The maximum absolute atomic E-state index is 11.5. The van der Waals surface area contributed by atoms with Crippen LogP contribution >= 0.6 is 0 Å². The van der Waals surface area contributed by atoms with Crippen LogP contribution in [0.5, 0.6) is 0 Å². The van der Waals surface area contributed by atoms with E-state index in [9.17, 15) is 13.2 Å². The fourth-order valence-electron chi connectivity index (χ4n) is 0.817. The highest BCUT2D eigenvalue weighted by Gasteiger charge is 2.34. The lowest BCUT2D eigenvalue weighted by molar-refractivity contribution is -0.881. The van der Waals surface area contributed by atoms with Crippen LogP contribution in [0.15, 0.2) is 0 Å². The highest BCUT2D eigenvalue weighted by Crippen LogP contribution is 2.17.